The highest BCUT2D eigenvalue weighted by atomic mass is 127. The number of morpholine rings is 1. The van der Waals surface area contributed by atoms with E-state index in [-0.39, 0.29) is 41.9 Å². The first-order valence-electron chi connectivity index (χ1n) is 10.9. The lowest BCUT2D eigenvalue weighted by Crippen LogP contribution is -2.50. The molecule has 0 aliphatic carbocycles. The summed E-state index contributed by atoms with van der Waals surface area (Å²) in [6, 6.07) is 7.37. The van der Waals surface area contributed by atoms with Gasteiger partial charge in [0, 0.05) is 43.7 Å². The molecule has 0 bridgehead atoms. The molecule has 0 spiro atoms. The predicted molar refractivity (Wildman–Crippen MR) is 135 cm³/mol. The summed E-state index contributed by atoms with van der Waals surface area (Å²) >= 11 is 5.93. The van der Waals surface area contributed by atoms with E-state index in [9.17, 15) is 4.79 Å². The standard InChI is InChI=1S/C22H33ClN4O3.HI/c1-3-24-22(25-16-17(2)30-20-6-4-19(23)5-7-20)27-10-8-18(9-11-27)21(28)26-12-14-29-15-13-26;/h4-7,17-18H,3,8-16H2,1-2H3,(H,24,25);1H. The Morgan fingerprint density at radius 3 is 2.45 bits per heavy atom. The molecule has 2 fully saturated rings. The molecule has 3 rings (SSSR count). The summed E-state index contributed by atoms with van der Waals surface area (Å²) in [5, 5.41) is 4.07. The molecule has 31 heavy (non-hydrogen) atoms. The van der Waals surface area contributed by atoms with Gasteiger partial charge in [0.15, 0.2) is 5.96 Å². The van der Waals surface area contributed by atoms with E-state index < -0.39 is 0 Å². The molecule has 2 heterocycles. The number of ether oxygens (including phenoxy) is 2. The van der Waals surface area contributed by atoms with Gasteiger partial charge in [-0.15, -0.1) is 24.0 Å². The Hall–Kier alpha value is -1.26. The monoisotopic (exact) mass is 564 g/mol. The van der Waals surface area contributed by atoms with Crippen LogP contribution in [0.15, 0.2) is 29.3 Å². The van der Waals surface area contributed by atoms with Gasteiger partial charge in [0.05, 0.1) is 19.8 Å². The molecule has 0 aromatic heterocycles. The molecule has 1 amide bonds. The van der Waals surface area contributed by atoms with E-state index >= 15 is 0 Å². The highest BCUT2D eigenvalue weighted by molar-refractivity contribution is 14.0. The van der Waals surface area contributed by atoms with Crippen LogP contribution in [-0.2, 0) is 9.53 Å². The third-order valence-electron chi connectivity index (χ3n) is 5.45. The molecule has 1 N–H and O–H groups in total. The van der Waals surface area contributed by atoms with Crippen LogP contribution in [0.5, 0.6) is 5.75 Å². The van der Waals surface area contributed by atoms with Gasteiger partial charge in [0.2, 0.25) is 5.91 Å². The average Bonchev–Trinajstić information content (AvgIpc) is 2.78. The van der Waals surface area contributed by atoms with Gasteiger partial charge < -0.3 is 24.6 Å². The minimum atomic E-state index is -0.0553. The highest BCUT2D eigenvalue weighted by Crippen LogP contribution is 2.21. The van der Waals surface area contributed by atoms with Crippen LogP contribution in [0.1, 0.15) is 26.7 Å². The second-order valence-electron chi connectivity index (χ2n) is 7.78. The van der Waals surface area contributed by atoms with Gasteiger partial charge in [-0.05, 0) is 51.0 Å². The summed E-state index contributed by atoms with van der Waals surface area (Å²) in [6.45, 7) is 9.83. The number of halogens is 2. The SMILES string of the molecule is CCNC(=NCC(C)Oc1ccc(Cl)cc1)N1CCC(C(=O)N2CCOCC2)CC1.I. The van der Waals surface area contributed by atoms with Gasteiger partial charge in [0.25, 0.3) is 0 Å². The van der Waals surface area contributed by atoms with Crippen LogP contribution >= 0.6 is 35.6 Å². The molecular formula is C22H34ClIN4O3. The maximum absolute atomic E-state index is 12.7. The number of piperidine rings is 1. The van der Waals surface area contributed by atoms with Crippen molar-refractivity contribution in [2.75, 3.05) is 52.5 Å². The van der Waals surface area contributed by atoms with Gasteiger partial charge in [-0.25, -0.2) is 4.99 Å². The van der Waals surface area contributed by atoms with Crippen LogP contribution in [0.4, 0.5) is 0 Å². The number of aliphatic imine (C=N–C) groups is 1. The molecule has 2 saturated heterocycles. The minimum Gasteiger partial charge on any atom is -0.489 e. The summed E-state index contributed by atoms with van der Waals surface area (Å²) in [6.07, 6.45) is 1.66. The highest BCUT2D eigenvalue weighted by Gasteiger charge is 2.30. The normalized spacial score (nSPS) is 18.9. The zero-order chi connectivity index (χ0) is 21.3. The number of amides is 1. The minimum absolute atomic E-state index is 0. The number of benzene rings is 1. The number of carbonyl (C=O) groups excluding carboxylic acids is 1. The van der Waals surface area contributed by atoms with Crippen molar-refractivity contribution in [3.63, 3.8) is 0 Å². The van der Waals surface area contributed by atoms with Crippen molar-refractivity contribution in [2.24, 2.45) is 10.9 Å². The van der Waals surface area contributed by atoms with Crippen molar-refractivity contribution >= 4 is 47.4 Å². The second-order valence-corrected chi connectivity index (χ2v) is 8.21. The zero-order valence-electron chi connectivity index (χ0n) is 18.4. The molecule has 0 saturated carbocycles. The van der Waals surface area contributed by atoms with E-state index in [1.54, 1.807) is 0 Å². The molecule has 2 aliphatic rings. The van der Waals surface area contributed by atoms with Crippen LogP contribution in [-0.4, -0.2) is 80.3 Å². The van der Waals surface area contributed by atoms with Crippen molar-refractivity contribution < 1.29 is 14.3 Å². The lowest BCUT2D eigenvalue weighted by atomic mass is 9.95. The fourth-order valence-electron chi connectivity index (χ4n) is 3.80. The fraction of sp³-hybridized carbons (Fsp3) is 0.636. The van der Waals surface area contributed by atoms with Crippen LogP contribution in [0, 0.1) is 5.92 Å². The Labute approximate surface area is 207 Å². The van der Waals surface area contributed by atoms with Gasteiger partial charge in [0.1, 0.15) is 11.9 Å². The van der Waals surface area contributed by atoms with Gasteiger partial charge in [-0.2, -0.15) is 0 Å². The van der Waals surface area contributed by atoms with Crippen molar-refractivity contribution in [2.45, 2.75) is 32.8 Å². The maximum Gasteiger partial charge on any atom is 0.225 e. The molecule has 1 aromatic rings. The summed E-state index contributed by atoms with van der Waals surface area (Å²) in [7, 11) is 0. The number of likely N-dealkylation sites (tertiary alicyclic amines) is 1. The lowest BCUT2D eigenvalue weighted by molar-refractivity contribution is -0.140. The lowest BCUT2D eigenvalue weighted by Gasteiger charge is -2.36. The van der Waals surface area contributed by atoms with Crippen molar-refractivity contribution in [3.05, 3.63) is 29.3 Å². The summed E-state index contributed by atoms with van der Waals surface area (Å²) < 4.78 is 11.3. The molecule has 174 valence electrons. The second kappa shape index (κ2) is 13.3. The first kappa shape index (κ1) is 26.0. The molecule has 1 unspecified atom stereocenters. The molecule has 7 nitrogen and oxygen atoms in total. The third kappa shape index (κ3) is 7.98. The Morgan fingerprint density at radius 1 is 1.19 bits per heavy atom. The summed E-state index contributed by atoms with van der Waals surface area (Å²) in [5.41, 5.74) is 0. The number of nitrogens with zero attached hydrogens (tertiary/aromatic N) is 3. The first-order chi connectivity index (χ1) is 14.6. The third-order valence-corrected chi connectivity index (χ3v) is 5.70. The molecular weight excluding hydrogens is 531 g/mol. The van der Waals surface area contributed by atoms with Crippen molar-refractivity contribution in [3.8, 4) is 5.75 Å². The number of guanidine groups is 1. The maximum atomic E-state index is 12.7. The largest absolute Gasteiger partial charge is 0.489 e. The Morgan fingerprint density at radius 2 is 1.84 bits per heavy atom. The number of rotatable bonds is 6. The van der Waals surface area contributed by atoms with Crippen molar-refractivity contribution in [1.82, 2.24) is 15.1 Å². The van der Waals surface area contributed by atoms with Crippen LogP contribution in [0.2, 0.25) is 5.02 Å². The number of hydrogen-bond donors (Lipinski definition) is 1. The van der Waals surface area contributed by atoms with Crippen LogP contribution in [0.25, 0.3) is 0 Å². The number of hydrogen-bond acceptors (Lipinski definition) is 4. The Balaban J connectivity index is 0.00000341. The van der Waals surface area contributed by atoms with Gasteiger partial charge in [-0.3, -0.25) is 4.79 Å². The number of carbonyl (C=O) groups is 1. The Kier molecular flexibility index (Phi) is 11.2. The van der Waals surface area contributed by atoms with Crippen molar-refractivity contribution in [1.29, 1.82) is 0 Å². The summed E-state index contributed by atoms with van der Waals surface area (Å²) in [5.74, 6) is 2.06. The molecule has 2 aliphatic heterocycles. The van der Waals surface area contributed by atoms with E-state index in [2.05, 4.69) is 17.1 Å². The van der Waals surface area contributed by atoms with E-state index in [0.29, 0.717) is 37.9 Å². The van der Waals surface area contributed by atoms with E-state index in [4.69, 9.17) is 26.1 Å². The summed E-state index contributed by atoms with van der Waals surface area (Å²) in [4.78, 5) is 21.7. The van der Waals surface area contributed by atoms with E-state index in [0.717, 1.165) is 44.2 Å². The smallest absolute Gasteiger partial charge is 0.225 e. The quantitative estimate of drug-likeness (QED) is 0.327. The van der Waals surface area contributed by atoms with Crippen LogP contribution in [0.3, 0.4) is 0 Å². The van der Waals surface area contributed by atoms with Gasteiger partial charge in [-0.1, -0.05) is 11.6 Å². The first-order valence-corrected chi connectivity index (χ1v) is 11.3. The van der Waals surface area contributed by atoms with Crippen LogP contribution < -0.4 is 10.1 Å². The Bertz CT molecular complexity index is 705. The number of nitrogens with one attached hydrogen (secondary N) is 1. The predicted octanol–water partition coefficient (Wildman–Crippen LogP) is 3.26. The fourth-order valence-corrected chi connectivity index (χ4v) is 3.93. The molecule has 1 atom stereocenters. The topological polar surface area (TPSA) is 66.4 Å². The average molecular weight is 565 g/mol. The van der Waals surface area contributed by atoms with Gasteiger partial charge >= 0.3 is 0 Å². The molecule has 9 heteroatoms. The molecule has 1 aromatic carbocycles. The zero-order valence-corrected chi connectivity index (χ0v) is 21.5. The van der Waals surface area contributed by atoms with E-state index in [1.165, 1.54) is 0 Å². The molecule has 0 radical (unpaired) electrons. The van der Waals surface area contributed by atoms with E-state index in [1.807, 2.05) is 36.1 Å².